The van der Waals surface area contributed by atoms with Crippen LogP contribution < -0.4 is 9.47 Å². The van der Waals surface area contributed by atoms with Crippen molar-refractivity contribution in [1.29, 1.82) is 0 Å². The first-order valence-electron chi connectivity index (χ1n) is 6.85. The van der Waals surface area contributed by atoms with Crippen LogP contribution in [0.2, 0.25) is 0 Å². The Balaban J connectivity index is 2.59. The van der Waals surface area contributed by atoms with Gasteiger partial charge in [-0.15, -0.1) is 0 Å². The zero-order chi connectivity index (χ0) is 20.2. The molecule has 0 spiro atoms. The molecule has 0 radical (unpaired) electrons. The molecule has 0 aliphatic heterocycles. The van der Waals surface area contributed by atoms with Gasteiger partial charge in [-0.05, 0) is 24.3 Å². The largest absolute Gasteiger partial charge is 0.426 e. The van der Waals surface area contributed by atoms with E-state index in [4.69, 9.17) is 0 Å². The van der Waals surface area contributed by atoms with Crippen LogP contribution in [0.1, 0.15) is 0 Å². The Morgan fingerprint density at radius 3 is 1.30 bits per heavy atom. The molecule has 144 valence electrons. The highest BCUT2D eigenvalue weighted by Crippen LogP contribution is 2.36. The molecule has 11 heteroatoms. The highest BCUT2D eigenvalue weighted by atomic mass is 32.2. The number of halogens is 6. The van der Waals surface area contributed by atoms with Gasteiger partial charge < -0.3 is 9.47 Å². The van der Waals surface area contributed by atoms with Crippen LogP contribution in [0.15, 0.2) is 82.5 Å². The molecule has 0 saturated heterocycles. The van der Waals surface area contributed by atoms with Crippen molar-refractivity contribution in [2.24, 2.45) is 0 Å². The van der Waals surface area contributed by atoms with Gasteiger partial charge in [0.1, 0.15) is 21.3 Å². The van der Waals surface area contributed by atoms with Crippen LogP contribution in [-0.2, 0) is 9.84 Å². The van der Waals surface area contributed by atoms with Crippen LogP contribution >= 0.6 is 0 Å². The fourth-order valence-electron chi connectivity index (χ4n) is 1.90. The molecule has 27 heavy (non-hydrogen) atoms. The lowest BCUT2D eigenvalue weighted by atomic mass is 10.3. The van der Waals surface area contributed by atoms with Crippen molar-refractivity contribution in [3.8, 4) is 11.5 Å². The van der Waals surface area contributed by atoms with Crippen molar-refractivity contribution in [3.63, 3.8) is 0 Å². The number of rotatable bonds is 6. The summed E-state index contributed by atoms with van der Waals surface area (Å²) in [5, 5.41) is 0. The molecular weight excluding hydrogens is 402 g/mol. The molecular formula is C16H8F6O4S. The first kappa shape index (κ1) is 20.4. The zero-order valence-corrected chi connectivity index (χ0v) is 13.7. The maximum atomic E-state index is 13.1. The molecule has 2 rings (SSSR count). The third-order valence-corrected chi connectivity index (χ3v) is 4.81. The minimum absolute atomic E-state index is 0.775. The van der Waals surface area contributed by atoms with E-state index in [0.717, 1.165) is 24.3 Å². The molecule has 2 aromatic rings. The van der Waals surface area contributed by atoms with Crippen molar-refractivity contribution in [1.82, 2.24) is 0 Å². The lowest BCUT2D eigenvalue weighted by molar-refractivity contribution is 0.236. The number of ether oxygens (including phenoxy) is 2. The second kappa shape index (κ2) is 8.16. The predicted molar refractivity (Wildman–Crippen MR) is 80.3 cm³/mol. The Kier molecular flexibility index (Phi) is 6.16. The van der Waals surface area contributed by atoms with Gasteiger partial charge >= 0.3 is 24.2 Å². The summed E-state index contributed by atoms with van der Waals surface area (Å²) in [5.74, 6) is -1.60. The molecule has 0 heterocycles. The first-order chi connectivity index (χ1) is 12.6. The first-order valence-corrected chi connectivity index (χ1v) is 8.33. The molecule has 0 aliphatic carbocycles. The molecule has 2 aromatic carbocycles. The molecule has 0 unspecified atom stereocenters. The van der Waals surface area contributed by atoms with Gasteiger partial charge in [0.2, 0.25) is 9.84 Å². The van der Waals surface area contributed by atoms with Gasteiger partial charge in [-0.2, -0.15) is 26.3 Å². The molecule has 0 saturated carbocycles. The van der Waals surface area contributed by atoms with Gasteiger partial charge in [-0.25, -0.2) is 8.42 Å². The van der Waals surface area contributed by atoms with E-state index < -0.39 is 55.3 Å². The summed E-state index contributed by atoms with van der Waals surface area (Å²) in [6, 6.07) is 3.64. The Morgan fingerprint density at radius 1 is 0.630 bits per heavy atom. The van der Waals surface area contributed by atoms with Crippen molar-refractivity contribution >= 4 is 9.84 Å². The van der Waals surface area contributed by atoms with Gasteiger partial charge in [0.15, 0.2) is 0 Å². The highest BCUT2D eigenvalue weighted by Gasteiger charge is 2.27. The summed E-state index contributed by atoms with van der Waals surface area (Å²) in [5.41, 5.74) is 0. The Labute approximate surface area is 148 Å². The standard InChI is InChI=1S/C16H8F6O4S/c17-13(18)15(21)25-9-5-1-3-7-11(9)27(23,24)12-8-4-2-6-10(12)26-16(22)14(19)20/h1-8H. The van der Waals surface area contributed by atoms with Gasteiger partial charge in [-0.1, -0.05) is 24.3 Å². The van der Waals surface area contributed by atoms with E-state index in [1.807, 2.05) is 0 Å². The Hall–Kier alpha value is -2.95. The Morgan fingerprint density at radius 2 is 0.963 bits per heavy atom. The topological polar surface area (TPSA) is 52.6 Å². The van der Waals surface area contributed by atoms with Crippen LogP contribution in [0.4, 0.5) is 26.3 Å². The van der Waals surface area contributed by atoms with Crippen LogP contribution in [0, 0.1) is 0 Å². The SMILES string of the molecule is O=S(=O)(c1ccccc1OC(F)=C(F)F)c1ccccc1OC(F)=C(F)F. The third-order valence-electron chi connectivity index (χ3n) is 2.97. The van der Waals surface area contributed by atoms with Crippen LogP contribution in [0.25, 0.3) is 0 Å². The van der Waals surface area contributed by atoms with Gasteiger partial charge in [0.25, 0.3) is 0 Å². The zero-order valence-electron chi connectivity index (χ0n) is 12.9. The van der Waals surface area contributed by atoms with Crippen LogP contribution in [0.3, 0.4) is 0 Å². The number of para-hydroxylation sites is 2. The van der Waals surface area contributed by atoms with E-state index in [1.54, 1.807) is 0 Å². The van der Waals surface area contributed by atoms with E-state index in [9.17, 15) is 34.8 Å². The number of hydrogen-bond acceptors (Lipinski definition) is 4. The molecule has 0 aliphatic rings. The molecule has 0 atom stereocenters. The lowest BCUT2D eigenvalue weighted by Crippen LogP contribution is -2.07. The Bertz CT molecular complexity index is 934. The van der Waals surface area contributed by atoms with Crippen molar-refractivity contribution in [3.05, 3.63) is 72.7 Å². The van der Waals surface area contributed by atoms with Crippen LogP contribution in [-0.4, -0.2) is 8.42 Å². The number of sulfone groups is 1. The molecule has 0 amide bonds. The summed E-state index contributed by atoms with van der Waals surface area (Å²) in [4.78, 5) is -1.55. The van der Waals surface area contributed by atoms with E-state index >= 15 is 0 Å². The van der Waals surface area contributed by atoms with Crippen molar-refractivity contribution in [2.45, 2.75) is 9.79 Å². The molecule has 0 bridgehead atoms. The summed E-state index contributed by atoms with van der Waals surface area (Å²) in [6.07, 6.45) is -5.65. The highest BCUT2D eigenvalue weighted by molar-refractivity contribution is 7.91. The lowest BCUT2D eigenvalue weighted by Gasteiger charge is -2.13. The normalized spacial score (nSPS) is 10.9. The molecule has 4 nitrogen and oxygen atoms in total. The fourth-order valence-corrected chi connectivity index (χ4v) is 3.40. The summed E-state index contributed by atoms with van der Waals surface area (Å²) >= 11 is 0. The minimum atomic E-state index is -4.66. The van der Waals surface area contributed by atoms with E-state index in [1.165, 1.54) is 24.3 Å². The average molecular weight is 410 g/mol. The fraction of sp³-hybridized carbons (Fsp3) is 0. The maximum absolute atomic E-state index is 13.1. The maximum Gasteiger partial charge on any atom is 0.344 e. The number of hydrogen-bond donors (Lipinski definition) is 0. The molecule has 0 fully saturated rings. The van der Waals surface area contributed by atoms with Gasteiger partial charge in [0, 0.05) is 0 Å². The van der Waals surface area contributed by atoms with E-state index in [-0.39, 0.29) is 0 Å². The van der Waals surface area contributed by atoms with E-state index in [0.29, 0.717) is 0 Å². The van der Waals surface area contributed by atoms with Gasteiger partial charge in [0.05, 0.1) is 0 Å². The average Bonchev–Trinajstić information content (AvgIpc) is 2.62. The van der Waals surface area contributed by atoms with Crippen molar-refractivity contribution in [2.75, 3.05) is 0 Å². The number of benzene rings is 2. The smallest absolute Gasteiger partial charge is 0.344 e. The predicted octanol–water partition coefficient (Wildman–Crippen LogP) is 5.35. The molecule has 0 N–H and O–H groups in total. The minimum Gasteiger partial charge on any atom is -0.426 e. The summed E-state index contributed by atoms with van der Waals surface area (Å²) in [6.45, 7) is 0. The summed E-state index contributed by atoms with van der Waals surface area (Å²) < 4.78 is 109. The quantitative estimate of drug-likeness (QED) is 0.476. The van der Waals surface area contributed by atoms with Gasteiger partial charge in [-0.3, -0.25) is 0 Å². The van der Waals surface area contributed by atoms with Crippen molar-refractivity contribution < 1.29 is 44.2 Å². The molecule has 0 aromatic heterocycles. The van der Waals surface area contributed by atoms with E-state index in [2.05, 4.69) is 9.47 Å². The second-order valence-corrected chi connectivity index (χ2v) is 6.56. The summed E-state index contributed by atoms with van der Waals surface area (Å²) in [7, 11) is -4.66. The monoisotopic (exact) mass is 410 g/mol. The third kappa shape index (κ3) is 4.61. The second-order valence-electron chi connectivity index (χ2n) is 4.67. The van der Waals surface area contributed by atoms with Crippen LogP contribution in [0.5, 0.6) is 11.5 Å².